The fraction of sp³-hybridized carbons (Fsp3) is 1.00. The fourth-order valence-corrected chi connectivity index (χ4v) is 1.56. The van der Waals surface area contributed by atoms with E-state index >= 15 is 0 Å². The largest absolute Gasteiger partial charge is 0.380 e. The Bertz CT molecular complexity index is 111. The number of hydrogen-bond donors (Lipinski definition) is 1. The third-order valence-electron chi connectivity index (χ3n) is 2.47. The number of rotatable bonds is 1. The quantitative estimate of drug-likeness (QED) is 0.518. The highest BCUT2D eigenvalue weighted by molar-refractivity contribution is 5.06. The Morgan fingerprint density at radius 1 is 1.75 bits per heavy atom. The second-order valence-corrected chi connectivity index (χ2v) is 2.98. The van der Waals surface area contributed by atoms with Gasteiger partial charge >= 0.3 is 0 Å². The van der Waals surface area contributed by atoms with Crippen LogP contribution in [0, 0.1) is 11.3 Å². The Balaban J connectivity index is 2.08. The molecule has 0 aromatic heterocycles. The third kappa shape index (κ3) is 0.400. The van der Waals surface area contributed by atoms with E-state index in [1.54, 1.807) is 0 Å². The van der Waals surface area contributed by atoms with Gasteiger partial charge < -0.3 is 10.5 Å². The molecule has 1 heterocycles. The van der Waals surface area contributed by atoms with Crippen molar-refractivity contribution in [2.75, 3.05) is 19.8 Å². The molecule has 2 fully saturated rings. The van der Waals surface area contributed by atoms with Crippen molar-refractivity contribution in [1.82, 2.24) is 0 Å². The molecule has 2 N–H and O–H groups in total. The Morgan fingerprint density at radius 2 is 2.62 bits per heavy atom. The predicted molar refractivity (Wildman–Crippen MR) is 30.4 cm³/mol. The highest BCUT2D eigenvalue weighted by Crippen LogP contribution is 2.55. The van der Waals surface area contributed by atoms with Crippen molar-refractivity contribution in [3.63, 3.8) is 0 Å². The van der Waals surface area contributed by atoms with Gasteiger partial charge in [-0.05, 0) is 12.3 Å². The summed E-state index contributed by atoms with van der Waals surface area (Å²) in [4.78, 5) is 0. The molecule has 0 amide bonds. The van der Waals surface area contributed by atoms with Crippen molar-refractivity contribution in [1.29, 1.82) is 0 Å². The van der Waals surface area contributed by atoms with Crippen molar-refractivity contribution in [2.24, 2.45) is 17.1 Å². The maximum atomic E-state index is 5.53. The molecular weight excluding hydrogens is 102 g/mol. The van der Waals surface area contributed by atoms with E-state index in [2.05, 4.69) is 0 Å². The van der Waals surface area contributed by atoms with Crippen LogP contribution in [0.2, 0.25) is 0 Å². The van der Waals surface area contributed by atoms with Crippen molar-refractivity contribution in [2.45, 2.75) is 6.42 Å². The zero-order valence-electron chi connectivity index (χ0n) is 4.89. The van der Waals surface area contributed by atoms with Crippen LogP contribution in [0.3, 0.4) is 0 Å². The molecular formula is C6H11NO. The molecule has 1 aliphatic heterocycles. The van der Waals surface area contributed by atoms with Crippen LogP contribution in [-0.4, -0.2) is 19.8 Å². The first kappa shape index (κ1) is 4.77. The first-order valence-electron chi connectivity index (χ1n) is 3.15. The van der Waals surface area contributed by atoms with Gasteiger partial charge in [0.2, 0.25) is 0 Å². The molecule has 2 aliphatic rings. The van der Waals surface area contributed by atoms with Gasteiger partial charge in [-0.2, -0.15) is 0 Å². The third-order valence-corrected chi connectivity index (χ3v) is 2.47. The van der Waals surface area contributed by atoms with Gasteiger partial charge in [-0.15, -0.1) is 0 Å². The highest BCUT2D eigenvalue weighted by atomic mass is 16.5. The molecule has 1 saturated heterocycles. The number of nitrogens with two attached hydrogens (primary N) is 1. The highest BCUT2D eigenvalue weighted by Gasteiger charge is 2.56. The van der Waals surface area contributed by atoms with Gasteiger partial charge in [0.05, 0.1) is 13.2 Å². The van der Waals surface area contributed by atoms with Crippen LogP contribution >= 0.6 is 0 Å². The smallest absolute Gasteiger partial charge is 0.0538 e. The molecule has 0 bridgehead atoms. The molecule has 8 heavy (non-hydrogen) atoms. The average Bonchev–Trinajstić information content (AvgIpc) is 2.38. The van der Waals surface area contributed by atoms with Gasteiger partial charge in [0.25, 0.3) is 0 Å². The lowest BCUT2D eigenvalue weighted by molar-refractivity contribution is 0.148. The van der Waals surface area contributed by atoms with Crippen LogP contribution in [0.25, 0.3) is 0 Å². The van der Waals surface area contributed by atoms with Crippen LogP contribution < -0.4 is 5.73 Å². The predicted octanol–water partition coefficient (Wildman–Crippen LogP) is -0.0184. The molecule has 2 heteroatoms. The van der Waals surface area contributed by atoms with E-state index in [-0.39, 0.29) is 0 Å². The first-order chi connectivity index (χ1) is 3.87. The van der Waals surface area contributed by atoms with E-state index in [9.17, 15) is 0 Å². The minimum Gasteiger partial charge on any atom is -0.380 e. The van der Waals surface area contributed by atoms with E-state index < -0.39 is 0 Å². The summed E-state index contributed by atoms with van der Waals surface area (Å²) in [6.45, 7) is 2.73. The summed E-state index contributed by atoms with van der Waals surface area (Å²) in [7, 11) is 0. The lowest BCUT2D eigenvalue weighted by Gasteiger charge is -2.03. The molecule has 0 spiro atoms. The Labute approximate surface area is 49.0 Å². The molecule has 0 radical (unpaired) electrons. The summed E-state index contributed by atoms with van der Waals surface area (Å²) < 4.78 is 5.22. The molecule has 2 atom stereocenters. The molecule has 0 aromatic rings. The van der Waals surface area contributed by atoms with Gasteiger partial charge in [-0.25, -0.2) is 0 Å². The summed E-state index contributed by atoms with van der Waals surface area (Å²) in [6.07, 6.45) is 1.32. The maximum Gasteiger partial charge on any atom is 0.0538 e. The lowest BCUT2D eigenvalue weighted by Crippen LogP contribution is -2.18. The number of ether oxygens (including phenoxy) is 1. The van der Waals surface area contributed by atoms with Crippen molar-refractivity contribution >= 4 is 0 Å². The normalized spacial score (nSPS) is 51.4. The summed E-state index contributed by atoms with van der Waals surface area (Å²) in [5, 5.41) is 0. The van der Waals surface area contributed by atoms with E-state index in [4.69, 9.17) is 10.5 Å². The molecule has 2 nitrogen and oxygen atoms in total. The fourth-order valence-electron chi connectivity index (χ4n) is 1.56. The molecule has 0 aromatic carbocycles. The second-order valence-electron chi connectivity index (χ2n) is 2.98. The molecule has 2 rings (SSSR count). The van der Waals surface area contributed by atoms with E-state index in [0.717, 1.165) is 25.7 Å². The molecule has 0 unspecified atom stereocenters. The van der Waals surface area contributed by atoms with Gasteiger partial charge in [0.15, 0.2) is 0 Å². The topological polar surface area (TPSA) is 35.2 Å². The van der Waals surface area contributed by atoms with Gasteiger partial charge in [0, 0.05) is 12.0 Å². The van der Waals surface area contributed by atoms with Crippen molar-refractivity contribution < 1.29 is 4.74 Å². The van der Waals surface area contributed by atoms with Crippen molar-refractivity contribution in [3.8, 4) is 0 Å². The Morgan fingerprint density at radius 3 is 2.88 bits per heavy atom. The standard InChI is InChI=1S/C6H11NO/c7-3-6-1-5(6)2-8-4-6/h5H,1-4,7H2/t5-,6-/m0/s1. The van der Waals surface area contributed by atoms with Crippen LogP contribution in [-0.2, 0) is 4.74 Å². The zero-order valence-corrected chi connectivity index (χ0v) is 4.89. The SMILES string of the molecule is NC[C@@]12COC[C@@H]1C2. The summed E-state index contributed by atoms with van der Waals surface area (Å²) >= 11 is 0. The van der Waals surface area contributed by atoms with Crippen LogP contribution in [0.1, 0.15) is 6.42 Å². The minimum absolute atomic E-state index is 0.458. The number of hydrogen-bond acceptors (Lipinski definition) is 2. The van der Waals surface area contributed by atoms with Crippen LogP contribution in [0.5, 0.6) is 0 Å². The van der Waals surface area contributed by atoms with Crippen LogP contribution in [0.15, 0.2) is 0 Å². The van der Waals surface area contributed by atoms with Gasteiger partial charge in [0.1, 0.15) is 0 Å². The zero-order chi connectivity index (χ0) is 5.61. The Hall–Kier alpha value is -0.0800. The van der Waals surface area contributed by atoms with Gasteiger partial charge in [-0.3, -0.25) is 0 Å². The van der Waals surface area contributed by atoms with E-state index in [0.29, 0.717) is 5.41 Å². The van der Waals surface area contributed by atoms with E-state index in [1.807, 2.05) is 0 Å². The minimum atomic E-state index is 0.458. The van der Waals surface area contributed by atoms with Gasteiger partial charge in [-0.1, -0.05) is 0 Å². The average molecular weight is 113 g/mol. The summed E-state index contributed by atoms with van der Waals surface area (Å²) in [6, 6.07) is 0. The molecule has 46 valence electrons. The first-order valence-corrected chi connectivity index (χ1v) is 3.15. The summed E-state index contributed by atoms with van der Waals surface area (Å²) in [5.74, 6) is 0.826. The number of fused-ring (bicyclic) bond motifs is 1. The molecule has 1 aliphatic carbocycles. The van der Waals surface area contributed by atoms with Crippen LogP contribution in [0.4, 0.5) is 0 Å². The monoisotopic (exact) mass is 113 g/mol. The summed E-state index contributed by atoms with van der Waals surface area (Å²) in [5.41, 5.74) is 5.99. The second kappa shape index (κ2) is 1.25. The Kier molecular flexibility index (Phi) is 0.746. The lowest BCUT2D eigenvalue weighted by atomic mass is 10.1. The van der Waals surface area contributed by atoms with E-state index in [1.165, 1.54) is 6.42 Å². The maximum absolute atomic E-state index is 5.53. The molecule has 1 saturated carbocycles. The van der Waals surface area contributed by atoms with Crippen molar-refractivity contribution in [3.05, 3.63) is 0 Å².